The van der Waals surface area contributed by atoms with Gasteiger partial charge in [-0.05, 0) is 38.3 Å². The van der Waals surface area contributed by atoms with Gasteiger partial charge in [-0.3, -0.25) is 0 Å². The third kappa shape index (κ3) is 12.0. The van der Waals surface area contributed by atoms with Crippen LogP contribution in [0.1, 0.15) is 59.3 Å². The van der Waals surface area contributed by atoms with E-state index in [4.69, 9.17) is 4.74 Å². The molecule has 16 heavy (non-hydrogen) atoms. The van der Waals surface area contributed by atoms with Gasteiger partial charge in [0, 0.05) is 13.2 Å². The zero-order chi connectivity index (χ0) is 12.1. The number of ether oxygens (including phenoxy) is 1. The maximum Gasteiger partial charge on any atom is 0.0478 e. The highest BCUT2D eigenvalue weighted by Crippen LogP contribution is 2.10. The van der Waals surface area contributed by atoms with Crippen LogP contribution in [0.3, 0.4) is 0 Å². The van der Waals surface area contributed by atoms with E-state index in [0.29, 0.717) is 0 Å². The lowest BCUT2D eigenvalue weighted by atomic mass is 10.0. The van der Waals surface area contributed by atoms with Crippen molar-refractivity contribution in [1.82, 2.24) is 5.32 Å². The smallest absolute Gasteiger partial charge is 0.0478 e. The maximum absolute atomic E-state index is 5.59. The van der Waals surface area contributed by atoms with Crippen molar-refractivity contribution in [3.05, 3.63) is 0 Å². The Morgan fingerprint density at radius 1 is 1.00 bits per heavy atom. The first-order valence-corrected chi connectivity index (χ1v) is 7.09. The van der Waals surface area contributed by atoms with Crippen molar-refractivity contribution in [1.29, 1.82) is 0 Å². The SMILES string of the molecule is CCCNCCCOCCCCC(C)CC. The van der Waals surface area contributed by atoms with Crippen LogP contribution in [0.2, 0.25) is 0 Å². The molecule has 0 bridgehead atoms. The molecule has 0 saturated carbocycles. The molecule has 0 aliphatic carbocycles. The number of hydrogen-bond donors (Lipinski definition) is 1. The van der Waals surface area contributed by atoms with Crippen molar-refractivity contribution in [3.8, 4) is 0 Å². The van der Waals surface area contributed by atoms with Gasteiger partial charge in [0.25, 0.3) is 0 Å². The van der Waals surface area contributed by atoms with Crippen molar-refractivity contribution in [2.24, 2.45) is 5.92 Å². The van der Waals surface area contributed by atoms with Crippen LogP contribution in [0.4, 0.5) is 0 Å². The molecular formula is C14H31NO. The molecule has 0 radical (unpaired) electrons. The molecule has 0 heterocycles. The molecule has 0 aromatic rings. The van der Waals surface area contributed by atoms with Crippen molar-refractivity contribution in [2.75, 3.05) is 26.3 Å². The van der Waals surface area contributed by atoms with Gasteiger partial charge >= 0.3 is 0 Å². The number of rotatable bonds is 12. The average molecular weight is 229 g/mol. The highest BCUT2D eigenvalue weighted by molar-refractivity contribution is 4.50. The van der Waals surface area contributed by atoms with E-state index < -0.39 is 0 Å². The quantitative estimate of drug-likeness (QED) is 0.516. The first kappa shape index (κ1) is 15.9. The highest BCUT2D eigenvalue weighted by atomic mass is 16.5. The molecule has 0 rings (SSSR count). The summed E-state index contributed by atoms with van der Waals surface area (Å²) in [5.41, 5.74) is 0. The summed E-state index contributed by atoms with van der Waals surface area (Å²) in [5.74, 6) is 0.887. The molecule has 0 fully saturated rings. The first-order valence-electron chi connectivity index (χ1n) is 7.09. The van der Waals surface area contributed by atoms with E-state index in [2.05, 4.69) is 26.1 Å². The van der Waals surface area contributed by atoms with E-state index in [1.165, 1.54) is 32.1 Å². The zero-order valence-corrected chi connectivity index (χ0v) is 11.6. The molecule has 0 aliphatic heterocycles. The average Bonchev–Trinajstić information content (AvgIpc) is 2.31. The molecule has 1 atom stereocenters. The molecule has 0 aromatic heterocycles. The van der Waals surface area contributed by atoms with Crippen molar-refractivity contribution in [2.45, 2.75) is 59.3 Å². The van der Waals surface area contributed by atoms with Crippen LogP contribution in [0.5, 0.6) is 0 Å². The standard InChI is InChI=1S/C14H31NO/c1-4-10-15-11-8-13-16-12-7-6-9-14(3)5-2/h14-15H,4-13H2,1-3H3. The van der Waals surface area contributed by atoms with Crippen LogP contribution in [-0.2, 0) is 4.74 Å². The summed E-state index contributed by atoms with van der Waals surface area (Å²) in [6.07, 6.45) is 7.58. The Labute approximate surface area is 102 Å². The van der Waals surface area contributed by atoms with E-state index in [1.54, 1.807) is 0 Å². The van der Waals surface area contributed by atoms with Gasteiger partial charge in [0.15, 0.2) is 0 Å². The molecule has 2 heteroatoms. The minimum Gasteiger partial charge on any atom is -0.381 e. The van der Waals surface area contributed by atoms with Crippen LogP contribution in [0, 0.1) is 5.92 Å². The lowest BCUT2D eigenvalue weighted by Gasteiger charge is -2.08. The minimum atomic E-state index is 0.887. The fourth-order valence-electron chi connectivity index (χ4n) is 1.60. The van der Waals surface area contributed by atoms with Gasteiger partial charge in [0.05, 0.1) is 0 Å². The van der Waals surface area contributed by atoms with Gasteiger partial charge in [0.1, 0.15) is 0 Å². The summed E-state index contributed by atoms with van der Waals surface area (Å²) in [4.78, 5) is 0. The molecule has 1 N–H and O–H groups in total. The van der Waals surface area contributed by atoms with Gasteiger partial charge in [-0.25, -0.2) is 0 Å². The number of nitrogens with one attached hydrogen (secondary N) is 1. The molecule has 0 aliphatic rings. The Kier molecular flexibility index (Phi) is 12.9. The van der Waals surface area contributed by atoms with Gasteiger partial charge in [-0.15, -0.1) is 0 Å². The molecular weight excluding hydrogens is 198 g/mol. The predicted molar refractivity (Wildman–Crippen MR) is 71.9 cm³/mol. The summed E-state index contributed by atoms with van der Waals surface area (Å²) in [6.45, 7) is 10.9. The minimum absolute atomic E-state index is 0.887. The Bertz CT molecular complexity index is 128. The summed E-state index contributed by atoms with van der Waals surface area (Å²) in [6, 6.07) is 0. The Hall–Kier alpha value is -0.0800. The van der Waals surface area contributed by atoms with Gasteiger partial charge in [-0.1, -0.05) is 40.0 Å². The molecule has 2 nitrogen and oxygen atoms in total. The Morgan fingerprint density at radius 3 is 2.44 bits per heavy atom. The summed E-state index contributed by atoms with van der Waals surface area (Å²) >= 11 is 0. The van der Waals surface area contributed by atoms with E-state index in [9.17, 15) is 0 Å². The molecule has 0 aromatic carbocycles. The van der Waals surface area contributed by atoms with Crippen molar-refractivity contribution >= 4 is 0 Å². The van der Waals surface area contributed by atoms with Crippen LogP contribution >= 0.6 is 0 Å². The van der Waals surface area contributed by atoms with Gasteiger partial charge < -0.3 is 10.1 Å². The number of hydrogen-bond acceptors (Lipinski definition) is 2. The fraction of sp³-hybridized carbons (Fsp3) is 1.00. The molecule has 0 amide bonds. The molecule has 0 saturated heterocycles. The lowest BCUT2D eigenvalue weighted by molar-refractivity contribution is 0.126. The summed E-state index contributed by atoms with van der Waals surface area (Å²) in [5, 5.41) is 3.38. The van der Waals surface area contributed by atoms with E-state index in [0.717, 1.165) is 38.6 Å². The second-order valence-electron chi connectivity index (χ2n) is 4.73. The van der Waals surface area contributed by atoms with Crippen molar-refractivity contribution in [3.63, 3.8) is 0 Å². The normalized spacial score (nSPS) is 12.9. The Balaban J connectivity index is 2.93. The molecule has 0 spiro atoms. The highest BCUT2D eigenvalue weighted by Gasteiger charge is 1.97. The van der Waals surface area contributed by atoms with Crippen LogP contribution in [0.25, 0.3) is 0 Å². The zero-order valence-electron chi connectivity index (χ0n) is 11.6. The van der Waals surface area contributed by atoms with E-state index >= 15 is 0 Å². The monoisotopic (exact) mass is 229 g/mol. The second-order valence-corrected chi connectivity index (χ2v) is 4.73. The number of unbranched alkanes of at least 4 members (excludes halogenated alkanes) is 1. The largest absolute Gasteiger partial charge is 0.381 e. The van der Waals surface area contributed by atoms with E-state index in [1.807, 2.05) is 0 Å². The van der Waals surface area contributed by atoms with Crippen molar-refractivity contribution < 1.29 is 4.74 Å². The molecule has 98 valence electrons. The summed E-state index contributed by atoms with van der Waals surface area (Å²) in [7, 11) is 0. The van der Waals surface area contributed by atoms with Crippen LogP contribution < -0.4 is 5.32 Å². The van der Waals surface area contributed by atoms with Crippen LogP contribution in [-0.4, -0.2) is 26.3 Å². The van der Waals surface area contributed by atoms with E-state index in [-0.39, 0.29) is 0 Å². The third-order valence-electron chi connectivity index (χ3n) is 3.00. The fourth-order valence-corrected chi connectivity index (χ4v) is 1.60. The Morgan fingerprint density at radius 2 is 1.75 bits per heavy atom. The second kappa shape index (κ2) is 13.0. The predicted octanol–water partition coefficient (Wildman–Crippen LogP) is 3.61. The first-order chi connectivity index (χ1) is 7.81. The maximum atomic E-state index is 5.59. The summed E-state index contributed by atoms with van der Waals surface area (Å²) < 4.78 is 5.59. The van der Waals surface area contributed by atoms with Gasteiger partial charge in [0.2, 0.25) is 0 Å². The third-order valence-corrected chi connectivity index (χ3v) is 3.00. The molecule has 1 unspecified atom stereocenters. The topological polar surface area (TPSA) is 21.3 Å². The lowest BCUT2D eigenvalue weighted by Crippen LogP contribution is -2.17. The van der Waals surface area contributed by atoms with Gasteiger partial charge in [-0.2, -0.15) is 0 Å². The van der Waals surface area contributed by atoms with Crippen LogP contribution in [0.15, 0.2) is 0 Å².